The molecule has 74 heavy (non-hydrogen) atoms. The zero-order valence-corrected chi connectivity index (χ0v) is 41.5. The van der Waals surface area contributed by atoms with E-state index in [2.05, 4.69) is 199 Å². The minimum atomic E-state index is 0.543. The molecule has 6 nitrogen and oxygen atoms in total. The van der Waals surface area contributed by atoms with Crippen LogP contribution in [0.3, 0.4) is 0 Å². The van der Waals surface area contributed by atoms with Gasteiger partial charge in [-0.1, -0.05) is 175 Å². The number of rotatable bonds is 8. The fraction of sp³-hybridized carbons (Fsp3) is 0.0588. The summed E-state index contributed by atoms with van der Waals surface area (Å²) >= 11 is 0. The largest absolute Gasteiger partial charge is 0.319 e. The van der Waals surface area contributed by atoms with Crippen molar-refractivity contribution in [1.29, 1.82) is 0 Å². The van der Waals surface area contributed by atoms with Crippen LogP contribution >= 0.6 is 0 Å². The van der Waals surface area contributed by atoms with Gasteiger partial charge in [-0.15, -0.1) is 0 Å². The first kappa shape index (κ1) is 44.3. The molecule has 6 heteroatoms. The Balaban J connectivity index is 1.06. The van der Waals surface area contributed by atoms with E-state index in [1.807, 2.05) is 60.7 Å². The summed E-state index contributed by atoms with van der Waals surface area (Å²) in [7, 11) is 0. The van der Waals surface area contributed by atoms with E-state index < -0.39 is 0 Å². The summed E-state index contributed by atoms with van der Waals surface area (Å²) in [5.74, 6) is 1.71. The molecule has 0 aliphatic carbocycles. The minimum Gasteiger partial charge on any atom is -0.319 e. The second-order valence-electron chi connectivity index (χ2n) is 19.4. The van der Waals surface area contributed by atoms with Gasteiger partial charge in [-0.2, -0.15) is 0 Å². The van der Waals surface area contributed by atoms with Crippen LogP contribution in [-0.2, 0) is 0 Å². The third kappa shape index (κ3) is 7.45. The zero-order chi connectivity index (χ0) is 50.0. The normalized spacial score (nSPS) is 11.5. The van der Waals surface area contributed by atoms with Crippen LogP contribution in [-0.4, -0.2) is 24.1 Å². The Bertz CT molecular complexity index is 4360. The Morgan fingerprint density at radius 3 is 1.30 bits per heavy atom. The predicted molar refractivity (Wildman–Crippen MR) is 306 cm³/mol. The highest BCUT2D eigenvalue weighted by atomic mass is 15.1. The third-order valence-corrected chi connectivity index (χ3v) is 14.6. The molecule has 350 valence electrons. The average Bonchev–Trinajstić information content (AvgIpc) is 3.97. The van der Waals surface area contributed by atoms with Crippen LogP contribution in [0.25, 0.3) is 127 Å². The van der Waals surface area contributed by atoms with Crippen LogP contribution in [0.4, 0.5) is 5.69 Å². The Morgan fingerprint density at radius 2 is 0.770 bits per heavy atom. The Hall–Kier alpha value is -9.70. The molecule has 13 rings (SSSR count). The second-order valence-corrected chi connectivity index (χ2v) is 19.4. The number of para-hydroxylation sites is 3. The predicted octanol–water partition coefficient (Wildman–Crippen LogP) is 17.9. The highest BCUT2D eigenvalue weighted by molar-refractivity contribution is 6.13. The lowest BCUT2D eigenvalue weighted by Gasteiger charge is -2.18. The summed E-state index contributed by atoms with van der Waals surface area (Å²) in [6, 6.07) is 77.0. The van der Waals surface area contributed by atoms with E-state index >= 15 is 0 Å². The van der Waals surface area contributed by atoms with Crippen LogP contribution in [0.1, 0.15) is 22.3 Å². The minimum absolute atomic E-state index is 0.543. The van der Waals surface area contributed by atoms with Gasteiger partial charge in [-0.05, 0) is 127 Å². The van der Waals surface area contributed by atoms with Crippen molar-refractivity contribution in [2.75, 3.05) is 0 Å². The fourth-order valence-corrected chi connectivity index (χ4v) is 11.1. The molecule has 0 spiro atoms. The highest BCUT2D eigenvalue weighted by Crippen LogP contribution is 2.45. The smallest absolute Gasteiger partial charge is 0.218 e. The number of aryl methyl sites for hydroxylation is 4. The van der Waals surface area contributed by atoms with E-state index in [1.54, 1.807) is 0 Å². The van der Waals surface area contributed by atoms with Crippen molar-refractivity contribution in [3.8, 4) is 78.9 Å². The molecule has 0 amide bonds. The maximum Gasteiger partial charge on any atom is 0.218 e. The van der Waals surface area contributed by atoms with Gasteiger partial charge >= 0.3 is 0 Å². The molecule has 0 unspecified atom stereocenters. The van der Waals surface area contributed by atoms with E-state index in [0.29, 0.717) is 23.2 Å². The topological polar surface area (TPSA) is 52.9 Å². The number of benzene rings is 10. The SMILES string of the molecule is [C-]#[N+]c1c(-c2ccc(-c3nc(-c4ccccc4)nc(-c4ccccc4)n3)c(-n3c4ccccc4c4cc(-c5ccc(C)cc5C)ccc43)c2)cccc1-n1c2ccccc2c2cc(-c3ccc(C)cc3C)ccc21. The summed E-state index contributed by atoms with van der Waals surface area (Å²) in [6.45, 7) is 17.6. The number of fused-ring (bicyclic) bond motifs is 6. The Kier molecular flexibility index (Phi) is 10.7. The van der Waals surface area contributed by atoms with Crippen molar-refractivity contribution in [3.63, 3.8) is 0 Å². The van der Waals surface area contributed by atoms with Crippen LogP contribution in [0.15, 0.2) is 218 Å². The van der Waals surface area contributed by atoms with Gasteiger partial charge in [0, 0.05) is 38.2 Å². The third-order valence-electron chi connectivity index (χ3n) is 14.6. The molecule has 0 saturated heterocycles. The van der Waals surface area contributed by atoms with Crippen LogP contribution < -0.4 is 0 Å². The molecule has 0 atom stereocenters. The molecule has 10 aromatic carbocycles. The van der Waals surface area contributed by atoms with Crippen molar-refractivity contribution in [3.05, 3.63) is 252 Å². The first-order valence-corrected chi connectivity index (χ1v) is 25.0. The lowest BCUT2D eigenvalue weighted by atomic mass is 9.97. The van der Waals surface area contributed by atoms with E-state index in [4.69, 9.17) is 21.5 Å². The second kappa shape index (κ2) is 17.9. The maximum atomic E-state index is 8.97. The summed E-state index contributed by atoms with van der Waals surface area (Å²) in [5, 5.41) is 4.54. The monoisotopic (exact) mass is 948 g/mol. The zero-order valence-electron chi connectivity index (χ0n) is 41.5. The van der Waals surface area contributed by atoms with Gasteiger partial charge in [0.05, 0.1) is 40.0 Å². The van der Waals surface area contributed by atoms with Crippen molar-refractivity contribution < 1.29 is 0 Å². The van der Waals surface area contributed by atoms with Gasteiger partial charge in [0.1, 0.15) is 0 Å². The lowest BCUT2D eigenvalue weighted by molar-refractivity contribution is 1.06. The molecule has 0 aliphatic heterocycles. The van der Waals surface area contributed by atoms with Gasteiger partial charge < -0.3 is 9.13 Å². The van der Waals surface area contributed by atoms with E-state index in [0.717, 1.165) is 88.4 Å². The highest BCUT2D eigenvalue weighted by Gasteiger charge is 2.24. The van der Waals surface area contributed by atoms with E-state index in [9.17, 15) is 0 Å². The molecular formula is C68H48N6. The van der Waals surface area contributed by atoms with Gasteiger partial charge in [0.15, 0.2) is 17.5 Å². The molecule has 0 radical (unpaired) electrons. The van der Waals surface area contributed by atoms with Crippen LogP contribution in [0, 0.1) is 34.3 Å². The van der Waals surface area contributed by atoms with Crippen molar-refractivity contribution in [2.24, 2.45) is 0 Å². The standard InChI is InChI=1S/C68H48N6/c1-42-27-32-51(44(3)37-42)48-30-35-61-57(39-48)54-21-12-14-24-59(54)73(61)63-26-16-23-53(65(63)69-5)50-29-34-56(68-71-66(46-17-8-6-9-18-46)70-67(72-68)47-19-10-7-11-20-47)64(41-50)74-60-25-15-13-22-55(60)58-40-49(31-36-62(58)74)52-33-28-43(2)38-45(52)4/h6-41H,1-4H3. The Morgan fingerprint density at radius 1 is 0.324 bits per heavy atom. The number of hydrogen-bond donors (Lipinski definition) is 0. The van der Waals surface area contributed by atoms with Gasteiger partial charge in [0.2, 0.25) is 5.69 Å². The van der Waals surface area contributed by atoms with E-state index in [-0.39, 0.29) is 0 Å². The molecule has 3 heterocycles. The van der Waals surface area contributed by atoms with Crippen molar-refractivity contribution in [2.45, 2.75) is 27.7 Å². The first-order chi connectivity index (χ1) is 36.3. The molecule has 0 saturated carbocycles. The molecule has 0 fully saturated rings. The summed E-state index contributed by atoms with van der Waals surface area (Å²) in [4.78, 5) is 20.1. The van der Waals surface area contributed by atoms with Gasteiger partial charge in [-0.3, -0.25) is 0 Å². The fourth-order valence-electron chi connectivity index (χ4n) is 11.1. The van der Waals surface area contributed by atoms with Crippen molar-refractivity contribution in [1.82, 2.24) is 24.1 Å². The average molecular weight is 949 g/mol. The quantitative estimate of drug-likeness (QED) is 0.143. The van der Waals surface area contributed by atoms with E-state index in [1.165, 1.54) is 38.9 Å². The number of hydrogen-bond acceptors (Lipinski definition) is 3. The van der Waals surface area contributed by atoms with Gasteiger partial charge in [0.25, 0.3) is 0 Å². The summed E-state index contributed by atoms with van der Waals surface area (Å²) in [5.41, 5.74) is 20.5. The maximum absolute atomic E-state index is 8.97. The summed E-state index contributed by atoms with van der Waals surface area (Å²) in [6.07, 6.45) is 0. The molecule has 3 aromatic heterocycles. The number of nitrogens with zero attached hydrogens (tertiary/aromatic N) is 6. The number of aromatic nitrogens is 5. The molecule has 0 aliphatic rings. The van der Waals surface area contributed by atoms with Crippen LogP contribution in [0.2, 0.25) is 0 Å². The summed E-state index contributed by atoms with van der Waals surface area (Å²) < 4.78 is 4.62. The Labute approximate surface area is 430 Å². The molecule has 0 bridgehead atoms. The lowest BCUT2D eigenvalue weighted by Crippen LogP contribution is -2.04. The molecule has 0 N–H and O–H groups in total. The molecular weight excluding hydrogens is 901 g/mol. The van der Waals surface area contributed by atoms with Gasteiger partial charge in [-0.25, -0.2) is 19.8 Å². The molecule has 13 aromatic rings. The first-order valence-electron chi connectivity index (χ1n) is 25.0. The van der Waals surface area contributed by atoms with Crippen molar-refractivity contribution >= 4 is 49.3 Å². The van der Waals surface area contributed by atoms with Crippen LogP contribution in [0.5, 0.6) is 0 Å².